The lowest BCUT2D eigenvalue weighted by Gasteiger charge is -2.14. The lowest BCUT2D eigenvalue weighted by molar-refractivity contribution is 0.103. The Morgan fingerprint density at radius 1 is 1.13 bits per heavy atom. The largest absolute Gasteiger partial charge is 0.289 e. The van der Waals surface area contributed by atoms with E-state index in [-0.39, 0.29) is 16.2 Å². The van der Waals surface area contributed by atoms with Crippen molar-refractivity contribution in [3.8, 4) is 0 Å². The summed E-state index contributed by atoms with van der Waals surface area (Å²) in [5.74, 6) is -0.385. The summed E-state index contributed by atoms with van der Waals surface area (Å²) in [5, 5.41) is 5.69. The summed E-state index contributed by atoms with van der Waals surface area (Å²) in [4.78, 5) is 12.5. The number of hydrogen-bond acceptors (Lipinski definition) is 3. The molecule has 0 aliphatic rings. The molecule has 0 aliphatic carbocycles. The van der Waals surface area contributed by atoms with E-state index >= 15 is 0 Å². The Morgan fingerprint density at radius 3 is 2.35 bits per heavy atom. The van der Waals surface area contributed by atoms with Crippen LogP contribution in [0.3, 0.4) is 0 Å². The Balaban J connectivity index is 2.67. The number of rotatable bonds is 6. The molecule has 23 heavy (non-hydrogen) atoms. The summed E-state index contributed by atoms with van der Waals surface area (Å²) in [6.45, 7) is 1.99. The number of sulfonamides is 1. The molecule has 0 saturated heterocycles. The number of halogens is 1. The van der Waals surface area contributed by atoms with Crippen molar-refractivity contribution in [3.05, 3.63) is 64.2 Å². The van der Waals surface area contributed by atoms with E-state index < -0.39 is 10.0 Å². The first kappa shape index (κ1) is 17.7. The molecule has 0 heterocycles. The number of carbonyl (C=O) groups is 1. The first-order valence-corrected chi connectivity index (χ1v) is 9.22. The Kier molecular flexibility index (Phi) is 5.57. The van der Waals surface area contributed by atoms with Crippen LogP contribution in [0.2, 0.25) is 5.02 Å². The fraction of sp³-hybridized carbons (Fsp3) is 0.235. The third-order valence-corrected chi connectivity index (χ3v) is 4.94. The second kappa shape index (κ2) is 7.25. The van der Waals surface area contributed by atoms with Gasteiger partial charge in [-0.05, 0) is 30.5 Å². The van der Waals surface area contributed by atoms with Gasteiger partial charge in [0, 0.05) is 16.1 Å². The summed E-state index contributed by atoms with van der Waals surface area (Å²) in [7, 11) is -4.08. The molecule has 0 spiro atoms. The molecule has 0 aliphatic heterocycles. The number of carbonyl (C=O) groups excluding carboxylic acids is 1. The summed E-state index contributed by atoms with van der Waals surface area (Å²) in [6.07, 6.45) is 2.08. The summed E-state index contributed by atoms with van der Waals surface area (Å²) in [5.41, 5.74) is 0.883. The minimum atomic E-state index is -4.08. The predicted octanol–water partition coefficient (Wildman–Crippen LogP) is 3.56. The number of primary sulfonamides is 1. The van der Waals surface area contributed by atoms with Gasteiger partial charge in [0.25, 0.3) is 0 Å². The van der Waals surface area contributed by atoms with E-state index in [2.05, 4.69) is 0 Å². The molecule has 6 heteroatoms. The molecule has 0 radical (unpaired) electrons. The lowest BCUT2D eigenvalue weighted by Crippen LogP contribution is -2.20. The number of hydrogen-bond donors (Lipinski definition) is 1. The van der Waals surface area contributed by atoms with Gasteiger partial charge in [-0.1, -0.05) is 55.3 Å². The number of nitrogens with two attached hydrogens (primary N) is 1. The second-order valence-electron chi connectivity index (χ2n) is 5.25. The fourth-order valence-corrected chi connectivity index (χ4v) is 3.77. The van der Waals surface area contributed by atoms with Gasteiger partial charge in [0.05, 0.1) is 4.90 Å². The smallest absolute Gasteiger partial charge is 0.239 e. The first-order valence-electron chi connectivity index (χ1n) is 7.30. The predicted molar refractivity (Wildman–Crippen MR) is 91.3 cm³/mol. The highest BCUT2D eigenvalue weighted by atomic mass is 35.5. The van der Waals surface area contributed by atoms with Gasteiger partial charge in [-0.25, -0.2) is 13.6 Å². The monoisotopic (exact) mass is 351 g/mol. The molecule has 0 fully saturated rings. The number of unbranched alkanes of at least 4 members (excludes halogenated alkanes) is 1. The van der Waals surface area contributed by atoms with E-state index in [4.69, 9.17) is 16.7 Å². The second-order valence-corrected chi connectivity index (χ2v) is 7.15. The highest BCUT2D eigenvalue weighted by Gasteiger charge is 2.25. The van der Waals surface area contributed by atoms with Gasteiger partial charge in [0.2, 0.25) is 10.0 Å². The van der Waals surface area contributed by atoms with Gasteiger partial charge in [0.15, 0.2) is 5.78 Å². The van der Waals surface area contributed by atoms with Crippen molar-refractivity contribution in [3.63, 3.8) is 0 Å². The van der Waals surface area contributed by atoms with Crippen LogP contribution in [0.5, 0.6) is 0 Å². The number of benzene rings is 2. The molecule has 2 aromatic rings. The van der Waals surface area contributed by atoms with Crippen LogP contribution in [0.4, 0.5) is 0 Å². The molecule has 2 N–H and O–H groups in total. The van der Waals surface area contributed by atoms with Crippen molar-refractivity contribution < 1.29 is 13.2 Å². The van der Waals surface area contributed by atoms with Crippen LogP contribution in [0, 0.1) is 0 Å². The van der Waals surface area contributed by atoms with E-state index in [0.717, 1.165) is 12.8 Å². The van der Waals surface area contributed by atoms with Crippen LogP contribution >= 0.6 is 11.6 Å². The summed E-state index contributed by atoms with van der Waals surface area (Å²) >= 11 is 6.16. The van der Waals surface area contributed by atoms with Crippen LogP contribution < -0.4 is 5.14 Å². The molecule has 0 aromatic heterocycles. The highest BCUT2D eigenvalue weighted by Crippen LogP contribution is 2.30. The standard InChI is InChI=1S/C17H18ClNO3S/c1-2-3-9-13-15(18)11-10-14(17(13)23(19,21)22)16(20)12-7-5-4-6-8-12/h4-8,10-11H,2-3,9H2,1H3,(H2,19,21,22). The minimum Gasteiger partial charge on any atom is -0.289 e. The van der Waals surface area contributed by atoms with Crippen molar-refractivity contribution in [1.82, 2.24) is 0 Å². The maximum Gasteiger partial charge on any atom is 0.239 e. The minimum absolute atomic E-state index is 0.0641. The van der Waals surface area contributed by atoms with Crippen LogP contribution in [0.15, 0.2) is 47.4 Å². The van der Waals surface area contributed by atoms with Gasteiger partial charge in [-0.2, -0.15) is 0 Å². The van der Waals surface area contributed by atoms with Crippen molar-refractivity contribution in [2.45, 2.75) is 31.1 Å². The van der Waals surface area contributed by atoms with E-state index in [1.807, 2.05) is 6.92 Å². The van der Waals surface area contributed by atoms with Gasteiger partial charge in [-0.15, -0.1) is 0 Å². The summed E-state index contributed by atoms with van der Waals surface area (Å²) in [6, 6.07) is 11.5. The maximum absolute atomic E-state index is 12.7. The average Bonchev–Trinajstić information content (AvgIpc) is 2.52. The molecule has 2 rings (SSSR count). The third kappa shape index (κ3) is 3.99. The van der Waals surface area contributed by atoms with Crippen LogP contribution in [-0.4, -0.2) is 14.2 Å². The van der Waals surface area contributed by atoms with E-state index in [1.54, 1.807) is 36.4 Å². The molecule has 0 saturated carbocycles. The number of ketones is 1. The van der Waals surface area contributed by atoms with Gasteiger partial charge in [-0.3, -0.25) is 4.79 Å². The zero-order chi connectivity index (χ0) is 17.0. The van der Waals surface area contributed by atoms with Gasteiger partial charge in [0.1, 0.15) is 0 Å². The van der Waals surface area contributed by atoms with Crippen LogP contribution in [0.1, 0.15) is 41.3 Å². The topological polar surface area (TPSA) is 77.2 Å². The van der Waals surface area contributed by atoms with E-state index in [1.165, 1.54) is 6.07 Å². The van der Waals surface area contributed by atoms with Gasteiger partial charge < -0.3 is 0 Å². The van der Waals surface area contributed by atoms with E-state index in [9.17, 15) is 13.2 Å². The molecular weight excluding hydrogens is 334 g/mol. The van der Waals surface area contributed by atoms with Gasteiger partial charge >= 0.3 is 0 Å². The Morgan fingerprint density at radius 2 is 1.78 bits per heavy atom. The van der Waals surface area contributed by atoms with Crippen molar-refractivity contribution in [1.29, 1.82) is 0 Å². The van der Waals surface area contributed by atoms with E-state index in [0.29, 0.717) is 22.6 Å². The third-order valence-electron chi connectivity index (χ3n) is 3.55. The molecule has 0 amide bonds. The Bertz CT molecular complexity index is 817. The Labute approximate surface area is 141 Å². The summed E-state index contributed by atoms with van der Waals surface area (Å²) < 4.78 is 24.2. The molecular formula is C17H18ClNO3S. The average molecular weight is 352 g/mol. The highest BCUT2D eigenvalue weighted by molar-refractivity contribution is 7.89. The first-order chi connectivity index (χ1) is 10.9. The maximum atomic E-state index is 12.7. The molecule has 122 valence electrons. The molecule has 0 unspecified atom stereocenters. The zero-order valence-corrected chi connectivity index (χ0v) is 14.3. The quantitative estimate of drug-likeness (QED) is 0.808. The molecule has 0 atom stereocenters. The normalized spacial score (nSPS) is 11.4. The molecule has 2 aromatic carbocycles. The SMILES string of the molecule is CCCCc1c(Cl)ccc(C(=O)c2ccccc2)c1S(N)(=O)=O. The van der Waals surface area contributed by atoms with Crippen molar-refractivity contribution >= 4 is 27.4 Å². The van der Waals surface area contributed by atoms with Crippen molar-refractivity contribution in [2.24, 2.45) is 5.14 Å². The van der Waals surface area contributed by atoms with Crippen LogP contribution in [-0.2, 0) is 16.4 Å². The van der Waals surface area contributed by atoms with Crippen molar-refractivity contribution in [2.75, 3.05) is 0 Å². The fourth-order valence-electron chi connectivity index (χ4n) is 2.44. The lowest BCUT2D eigenvalue weighted by atomic mass is 9.99. The Hall–Kier alpha value is -1.69. The van der Waals surface area contributed by atoms with Crippen LogP contribution in [0.25, 0.3) is 0 Å². The zero-order valence-electron chi connectivity index (χ0n) is 12.8. The molecule has 0 bridgehead atoms. The molecule has 4 nitrogen and oxygen atoms in total.